The van der Waals surface area contributed by atoms with Gasteiger partial charge in [-0.05, 0) is 49.5 Å². The lowest BCUT2D eigenvalue weighted by Crippen LogP contribution is -2.14. The average Bonchev–Trinajstić information content (AvgIpc) is 3.22. The lowest BCUT2D eigenvalue weighted by molar-refractivity contribution is -0.130. The van der Waals surface area contributed by atoms with Crippen LogP contribution in [0.3, 0.4) is 0 Å². The highest BCUT2D eigenvalue weighted by molar-refractivity contribution is 6.03. The van der Waals surface area contributed by atoms with Crippen LogP contribution in [0.15, 0.2) is 43.0 Å². The average molecular weight is 390 g/mol. The third kappa shape index (κ3) is 2.89. The molecule has 0 aliphatic heterocycles. The van der Waals surface area contributed by atoms with Gasteiger partial charge in [-0.3, -0.25) is 0 Å². The van der Waals surface area contributed by atoms with Gasteiger partial charge >= 0.3 is 11.9 Å². The van der Waals surface area contributed by atoms with Crippen molar-refractivity contribution >= 4 is 22.7 Å². The van der Waals surface area contributed by atoms with Crippen molar-refractivity contribution in [1.29, 1.82) is 0 Å². The summed E-state index contributed by atoms with van der Waals surface area (Å²) < 4.78 is 11.8. The van der Waals surface area contributed by atoms with Crippen LogP contribution < -0.4 is 9.47 Å². The fourth-order valence-corrected chi connectivity index (χ4v) is 5.13. The van der Waals surface area contributed by atoms with Crippen molar-refractivity contribution < 1.29 is 19.1 Å². The largest absolute Gasteiger partial charge is 0.422 e. The van der Waals surface area contributed by atoms with E-state index in [1.165, 1.54) is 6.08 Å². The molecule has 2 aliphatic rings. The Morgan fingerprint density at radius 1 is 1.14 bits per heavy atom. The van der Waals surface area contributed by atoms with Crippen molar-refractivity contribution in [3.05, 3.63) is 59.7 Å². The van der Waals surface area contributed by atoms with Crippen molar-refractivity contribution in [3.8, 4) is 11.5 Å². The number of benzene rings is 2. The van der Waals surface area contributed by atoms with Crippen molar-refractivity contribution in [2.45, 2.75) is 51.9 Å². The topological polar surface area (TPSA) is 52.6 Å². The molecule has 4 rings (SSSR count). The zero-order valence-electron chi connectivity index (χ0n) is 17.2. The van der Waals surface area contributed by atoms with E-state index in [2.05, 4.69) is 27.0 Å². The molecule has 0 radical (unpaired) electrons. The van der Waals surface area contributed by atoms with Crippen LogP contribution in [0.1, 0.15) is 62.1 Å². The van der Waals surface area contributed by atoms with E-state index in [9.17, 15) is 9.59 Å². The van der Waals surface area contributed by atoms with Gasteiger partial charge in [-0.1, -0.05) is 45.2 Å². The quantitative estimate of drug-likeness (QED) is 0.380. The van der Waals surface area contributed by atoms with Gasteiger partial charge in [0, 0.05) is 33.5 Å². The van der Waals surface area contributed by atoms with Crippen LogP contribution in [-0.4, -0.2) is 11.9 Å². The normalized spacial score (nSPS) is 21.7. The van der Waals surface area contributed by atoms with E-state index in [-0.39, 0.29) is 0 Å². The smallest absolute Gasteiger partial charge is 0.338 e. The van der Waals surface area contributed by atoms with E-state index in [4.69, 9.17) is 9.47 Å². The molecule has 150 valence electrons. The highest BCUT2D eigenvalue weighted by atomic mass is 16.5. The maximum absolute atomic E-state index is 12.5. The first kappa shape index (κ1) is 19.4. The van der Waals surface area contributed by atoms with Gasteiger partial charge in [0.15, 0.2) is 0 Å². The Hall–Kier alpha value is -2.88. The maximum atomic E-state index is 12.5. The van der Waals surface area contributed by atoms with Gasteiger partial charge in [0.25, 0.3) is 0 Å². The Kier molecular flexibility index (Phi) is 4.81. The van der Waals surface area contributed by atoms with Crippen LogP contribution in [0.4, 0.5) is 0 Å². The number of hydrogen-bond acceptors (Lipinski definition) is 4. The van der Waals surface area contributed by atoms with Crippen molar-refractivity contribution in [2.75, 3.05) is 0 Å². The highest BCUT2D eigenvalue weighted by Crippen LogP contribution is 2.64. The standard InChI is InChI=1S/C25H26O4/c1-6-15-9-8-10-18-20(15)24(29-25(27)13(3)4)22-17-12-11-16(14(17)5)21(22)23(18)28-19(26)7-2/h7-10,14,16-17H,2-3,6,11-12H2,1,4-5H3. The number of carbonyl (C=O) groups excluding carboxylic acids is 2. The molecule has 2 bridgehead atoms. The minimum absolute atomic E-state index is 0.290. The SMILES string of the molecule is C=CC(=O)Oc1c2c(c(OC(=O)C(=C)C)c3c(CC)cccc13)C1CCC2C1C. The van der Waals surface area contributed by atoms with E-state index in [1.807, 2.05) is 18.2 Å². The first-order valence-electron chi connectivity index (χ1n) is 10.2. The molecule has 4 nitrogen and oxygen atoms in total. The predicted molar refractivity (Wildman–Crippen MR) is 113 cm³/mol. The lowest BCUT2D eigenvalue weighted by Gasteiger charge is -2.25. The Bertz CT molecular complexity index is 1060. The number of aryl methyl sites for hydroxylation is 1. The molecule has 0 heterocycles. The number of ether oxygens (including phenoxy) is 2. The minimum atomic E-state index is -0.475. The van der Waals surface area contributed by atoms with E-state index >= 15 is 0 Å². The fourth-order valence-electron chi connectivity index (χ4n) is 5.13. The van der Waals surface area contributed by atoms with Gasteiger partial charge in [0.2, 0.25) is 0 Å². The zero-order valence-corrected chi connectivity index (χ0v) is 17.2. The number of fused-ring (bicyclic) bond motifs is 6. The molecule has 0 aromatic heterocycles. The third-order valence-electron chi connectivity index (χ3n) is 6.49. The van der Waals surface area contributed by atoms with Gasteiger partial charge in [-0.15, -0.1) is 0 Å². The molecule has 3 atom stereocenters. The van der Waals surface area contributed by atoms with Crippen molar-refractivity contribution in [1.82, 2.24) is 0 Å². The molecule has 2 aliphatic carbocycles. The zero-order chi connectivity index (χ0) is 20.9. The lowest BCUT2D eigenvalue weighted by atomic mass is 9.85. The van der Waals surface area contributed by atoms with Crippen LogP contribution in [0.25, 0.3) is 10.8 Å². The maximum Gasteiger partial charge on any atom is 0.338 e. The molecule has 1 saturated carbocycles. The molecular formula is C25H26O4. The Balaban J connectivity index is 2.10. The fraction of sp³-hybridized carbons (Fsp3) is 0.360. The van der Waals surface area contributed by atoms with Crippen LogP contribution in [0.2, 0.25) is 0 Å². The summed E-state index contributed by atoms with van der Waals surface area (Å²) in [5.41, 5.74) is 3.47. The third-order valence-corrected chi connectivity index (χ3v) is 6.49. The monoisotopic (exact) mass is 390 g/mol. The van der Waals surface area contributed by atoms with Crippen LogP contribution in [0.5, 0.6) is 11.5 Å². The molecule has 4 heteroatoms. The van der Waals surface area contributed by atoms with Crippen LogP contribution in [-0.2, 0) is 16.0 Å². The molecule has 0 amide bonds. The van der Waals surface area contributed by atoms with Gasteiger partial charge in [-0.25, -0.2) is 9.59 Å². The summed E-state index contributed by atoms with van der Waals surface area (Å²) >= 11 is 0. The Morgan fingerprint density at radius 2 is 1.79 bits per heavy atom. The van der Waals surface area contributed by atoms with E-state index in [0.29, 0.717) is 34.8 Å². The summed E-state index contributed by atoms with van der Waals surface area (Å²) in [6.45, 7) is 13.2. The summed E-state index contributed by atoms with van der Waals surface area (Å²) in [6.07, 6.45) is 4.05. The van der Waals surface area contributed by atoms with Gasteiger partial charge < -0.3 is 9.47 Å². The second-order valence-electron chi connectivity index (χ2n) is 8.12. The summed E-state index contributed by atoms with van der Waals surface area (Å²) in [5, 5.41) is 1.66. The summed E-state index contributed by atoms with van der Waals surface area (Å²) in [7, 11) is 0. The highest BCUT2D eigenvalue weighted by Gasteiger charge is 2.48. The second-order valence-corrected chi connectivity index (χ2v) is 8.12. The number of rotatable bonds is 5. The van der Waals surface area contributed by atoms with E-state index in [0.717, 1.165) is 46.7 Å². The van der Waals surface area contributed by atoms with Crippen LogP contribution in [0, 0.1) is 5.92 Å². The molecular weight excluding hydrogens is 364 g/mol. The number of carbonyl (C=O) groups is 2. The van der Waals surface area contributed by atoms with Gasteiger partial charge in [0.1, 0.15) is 11.5 Å². The van der Waals surface area contributed by atoms with E-state index < -0.39 is 11.9 Å². The summed E-state index contributed by atoms with van der Waals surface area (Å²) in [6, 6.07) is 5.93. The first-order chi connectivity index (χ1) is 13.9. The number of esters is 2. The molecule has 0 saturated heterocycles. The predicted octanol–water partition coefficient (Wildman–Crippen LogP) is 5.59. The molecule has 3 unspecified atom stereocenters. The van der Waals surface area contributed by atoms with Crippen LogP contribution >= 0.6 is 0 Å². The van der Waals surface area contributed by atoms with Crippen molar-refractivity contribution in [3.63, 3.8) is 0 Å². The molecule has 0 spiro atoms. The van der Waals surface area contributed by atoms with Crippen molar-refractivity contribution in [2.24, 2.45) is 5.92 Å². The van der Waals surface area contributed by atoms with Gasteiger partial charge in [0.05, 0.1) is 0 Å². The Morgan fingerprint density at radius 3 is 2.38 bits per heavy atom. The molecule has 0 N–H and O–H groups in total. The molecule has 29 heavy (non-hydrogen) atoms. The second kappa shape index (κ2) is 7.18. The minimum Gasteiger partial charge on any atom is -0.422 e. The van der Waals surface area contributed by atoms with E-state index in [1.54, 1.807) is 6.92 Å². The Labute approximate surface area is 171 Å². The molecule has 1 fully saturated rings. The van der Waals surface area contributed by atoms with Gasteiger partial charge in [-0.2, -0.15) is 0 Å². The number of hydrogen-bond donors (Lipinski definition) is 0. The summed E-state index contributed by atoms with van der Waals surface area (Å²) in [4.78, 5) is 24.7. The molecule has 2 aromatic carbocycles. The summed E-state index contributed by atoms with van der Waals surface area (Å²) in [5.74, 6) is 1.32. The first-order valence-corrected chi connectivity index (χ1v) is 10.2. The molecule has 2 aromatic rings.